The van der Waals surface area contributed by atoms with E-state index in [0.717, 1.165) is 11.8 Å². The average Bonchev–Trinajstić information content (AvgIpc) is 3.09. The summed E-state index contributed by atoms with van der Waals surface area (Å²) in [6.45, 7) is 4.50. The number of nitrogens with zero attached hydrogens (tertiary/aromatic N) is 4. The SMILES string of the molecule is C=CCN1C(=O)/C(=C\c2c(N3CCNC(=O)[C@@H]3CC(=O)OC)nc3ccccn3c2=O)SC1=S. The molecule has 0 unspecified atom stereocenters. The smallest absolute Gasteiger partial charge is 0.308 e. The van der Waals surface area contributed by atoms with Gasteiger partial charge >= 0.3 is 5.97 Å². The van der Waals surface area contributed by atoms with Crippen LogP contribution in [0.3, 0.4) is 0 Å². The molecule has 0 bridgehead atoms. The molecule has 2 fully saturated rings. The summed E-state index contributed by atoms with van der Waals surface area (Å²) >= 11 is 6.38. The van der Waals surface area contributed by atoms with E-state index in [1.54, 1.807) is 35.4 Å². The molecule has 0 aromatic carbocycles. The number of hydrogen-bond acceptors (Lipinski definition) is 9. The third-order valence-electron chi connectivity index (χ3n) is 5.40. The van der Waals surface area contributed by atoms with Gasteiger partial charge in [0.1, 0.15) is 21.8 Å². The summed E-state index contributed by atoms with van der Waals surface area (Å²) in [7, 11) is 1.24. The molecule has 0 radical (unpaired) electrons. The van der Waals surface area contributed by atoms with Gasteiger partial charge in [0.25, 0.3) is 11.5 Å². The van der Waals surface area contributed by atoms with E-state index in [4.69, 9.17) is 17.0 Å². The molecule has 0 spiro atoms. The third-order valence-corrected chi connectivity index (χ3v) is 6.78. The molecule has 34 heavy (non-hydrogen) atoms. The predicted molar refractivity (Wildman–Crippen MR) is 132 cm³/mol. The fourth-order valence-electron chi connectivity index (χ4n) is 3.77. The number of carbonyl (C=O) groups is 3. The number of piperazine rings is 1. The van der Waals surface area contributed by atoms with E-state index in [0.29, 0.717) is 23.1 Å². The van der Waals surface area contributed by atoms with Crippen molar-refractivity contribution in [3.8, 4) is 0 Å². The quantitative estimate of drug-likeness (QED) is 0.269. The van der Waals surface area contributed by atoms with E-state index >= 15 is 0 Å². The molecule has 176 valence electrons. The van der Waals surface area contributed by atoms with Crippen LogP contribution >= 0.6 is 24.0 Å². The Kier molecular flexibility index (Phi) is 6.80. The number of thiocarbonyl (C=S) groups is 1. The molecule has 2 aromatic heterocycles. The number of nitrogens with one attached hydrogen (secondary N) is 1. The van der Waals surface area contributed by atoms with Crippen LogP contribution in [0.25, 0.3) is 11.7 Å². The van der Waals surface area contributed by atoms with Gasteiger partial charge in [0.15, 0.2) is 0 Å². The lowest BCUT2D eigenvalue weighted by atomic mass is 10.1. The van der Waals surface area contributed by atoms with Crippen LogP contribution in [0.2, 0.25) is 0 Å². The van der Waals surface area contributed by atoms with E-state index in [-0.39, 0.29) is 41.1 Å². The second-order valence-electron chi connectivity index (χ2n) is 7.44. The molecule has 2 aliphatic heterocycles. The minimum Gasteiger partial charge on any atom is -0.469 e. The van der Waals surface area contributed by atoms with Gasteiger partial charge < -0.3 is 15.0 Å². The van der Waals surface area contributed by atoms with E-state index < -0.39 is 17.6 Å². The number of hydrogen-bond donors (Lipinski definition) is 1. The zero-order valence-electron chi connectivity index (χ0n) is 18.2. The summed E-state index contributed by atoms with van der Waals surface area (Å²) in [6.07, 6.45) is 4.37. The van der Waals surface area contributed by atoms with Gasteiger partial charge in [-0.1, -0.05) is 36.1 Å². The molecule has 0 saturated carbocycles. The summed E-state index contributed by atoms with van der Waals surface area (Å²) in [4.78, 5) is 59.0. The lowest BCUT2D eigenvalue weighted by molar-refractivity contribution is -0.143. The number of rotatable bonds is 6. The highest BCUT2D eigenvalue weighted by atomic mass is 32.2. The van der Waals surface area contributed by atoms with E-state index in [1.807, 2.05) is 0 Å². The van der Waals surface area contributed by atoms with E-state index in [2.05, 4.69) is 16.9 Å². The fraction of sp³-hybridized carbons (Fsp3) is 0.273. The van der Waals surface area contributed by atoms with E-state index in [9.17, 15) is 19.2 Å². The molecule has 2 amide bonds. The van der Waals surface area contributed by atoms with Crippen LogP contribution in [-0.4, -0.2) is 69.2 Å². The van der Waals surface area contributed by atoms with Crippen molar-refractivity contribution >= 4 is 63.6 Å². The Hall–Kier alpha value is -3.51. The second kappa shape index (κ2) is 9.77. The first kappa shape index (κ1) is 23.6. The molecule has 4 rings (SSSR count). The number of anilines is 1. The van der Waals surface area contributed by atoms with Gasteiger partial charge in [-0.2, -0.15) is 0 Å². The molecular formula is C22H21N5O5S2. The summed E-state index contributed by atoms with van der Waals surface area (Å²) < 4.78 is 6.47. The maximum atomic E-state index is 13.5. The number of fused-ring (bicyclic) bond motifs is 1. The van der Waals surface area contributed by atoms with Crippen molar-refractivity contribution in [3.05, 3.63) is 57.9 Å². The molecule has 2 saturated heterocycles. The molecule has 1 atom stereocenters. The number of carbonyl (C=O) groups excluding carboxylic acids is 3. The Morgan fingerprint density at radius 2 is 2.18 bits per heavy atom. The first-order valence-electron chi connectivity index (χ1n) is 10.3. The van der Waals surface area contributed by atoms with Gasteiger partial charge in [-0.05, 0) is 18.2 Å². The van der Waals surface area contributed by atoms with Gasteiger partial charge in [0, 0.05) is 25.8 Å². The van der Waals surface area contributed by atoms with Crippen LogP contribution in [0.15, 0.2) is 46.8 Å². The molecule has 4 heterocycles. The number of thioether (sulfide) groups is 1. The second-order valence-corrected chi connectivity index (χ2v) is 9.12. The minimum absolute atomic E-state index is 0.118. The molecular weight excluding hydrogens is 478 g/mol. The predicted octanol–water partition coefficient (Wildman–Crippen LogP) is 0.950. The number of ether oxygens (including phenoxy) is 1. The van der Waals surface area contributed by atoms with Gasteiger partial charge in [-0.3, -0.25) is 28.5 Å². The molecule has 10 nitrogen and oxygen atoms in total. The van der Waals surface area contributed by atoms with Gasteiger partial charge in [0.2, 0.25) is 5.91 Å². The van der Waals surface area contributed by atoms with Crippen LogP contribution < -0.4 is 15.8 Å². The average molecular weight is 500 g/mol. The van der Waals surface area contributed by atoms with Crippen molar-refractivity contribution in [2.45, 2.75) is 12.5 Å². The first-order valence-corrected chi connectivity index (χ1v) is 11.6. The summed E-state index contributed by atoms with van der Waals surface area (Å²) in [5.41, 5.74) is 0.0615. The lowest BCUT2D eigenvalue weighted by Crippen LogP contribution is -2.57. The van der Waals surface area contributed by atoms with Crippen molar-refractivity contribution < 1.29 is 19.1 Å². The van der Waals surface area contributed by atoms with E-state index in [1.165, 1.54) is 22.5 Å². The minimum atomic E-state index is -0.929. The van der Waals surface area contributed by atoms with Crippen molar-refractivity contribution in [3.63, 3.8) is 0 Å². The van der Waals surface area contributed by atoms with Crippen LogP contribution in [0.4, 0.5) is 5.82 Å². The Bertz CT molecular complexity index is 1300. The topological polar surface area (TPSA) is 113 Å². The molecule has 2 aromatic rings. The molecule has 2 aliphatic rings. The summed E-state index contributed by atoms with van der Waals surface area (Å²) in [5.74, 6) is -1.10. The normalized spacial score (nSPS) is 19.6. The number of esters is 1. The summed E-state index contributed by atoms with van der Waals surface area (Å²) in [5, 5.41) is 2.73. The highest BCUT2D eigenvalue weighted by Gasteiger charge is 2.36. The monoisotopic (exact) mass is 499 g/mol. The van der Waals surface area contributed by atoms with Crippen molar-refractivity contribution in [1.29, 1.82) is 0 Å². The highest BCUT2D eigenvalue weighted by Crippen LogP contribution is 2.34. The lowest BCUT2D eigenvalue weighted by Gasteiger charge is -2.36. The number of amides is 2. The third kappa shape index (κ3) is 4.33. The summed E-state index contributed by atoms with van der Waals surface area (Å²) in [6, 6.07) is 4.16. The Morgan fingerprint density at radius 3 is 2.91 bits per heavy atom. The zero-order valence-corrected chi connectivity index (χ0v) is 19.9. The number of methoxy groups -OCH3 is 1. The number of pyridine rings is 1. The van der Waals surface area contributed by atoms with Crippen LogP contribution in [0.5, 0.6) is 0 Å². The first-order chi connectivity index (χ1) is 16.3. The standard InChI is InChI=1S/C22H21N5O5S2/c1-3-8-27-21(31)15(34-22(27)33)11-13-18(24-16-6-4-5-9-26(16)20(13)30)25-10-7-23-19(29)14(25)12-17(28)32-2/h3-6,9,11,14H,1,7-8,10,12H2,2H3,(H,23,29)/b15-11+/t14-/m0/s1. The maximum absolute atomic E-state index is 13.5. The van der Waals surface area contributed by atoms with Gasteiger partial charge in [0.05, 0.1) is 24.0 Å². The highest BCUT2D eigenvalue weighted by molar-refractivity contribution is 8.26. The van der Waals surface area contributed by atoms with Crippen LogP contribution in [0, 0.1) is 0 Å². The zero-order chi connectivity index (χ0) is 24.4. The Balaban J connectivity index is 1.89. The molecule has 1 N–H and O–H groups in total. The van der Waals surface area contributed by atoms with Crippen molar-refractivity contribution in [2.24, 2.45) is 0 Å². The largest absolute Gasteiger partial charge is 0.469 e. The number of aromatic nitrogens is 2. The van der Waals surface area contributed by atoms with Crippen molar-refractivity contribution in [1.82, 2.24) is 19.6 Å². The molecule has 0 aliphatic carbocycles. The molecule has 12 heteroatoms. The van der Waals surface area contributed by atoms with Gasteiger partial charge in [-0.25, -0.2) is 4.98 Å². The van der Waals surface area contributed by atoms with Crippen LogP contribution in [-0.2, 0) is 19.1 Å². The maximum Gasteiger partial charge on any atom is 0.308 e. The van der Waals surface area contributed by atoms with Gasteiger partial charge in [-0.15, -0.1) is 6.58 Å². The fourth-order valence-corrected chi connectivity index (χ4v) is 5.02. The Labute approximate surface area is 204 Å². The van der Waals surface area contributed by atoms with Crippen LogP contribution in [0.1, 0.15) is 12.0 Å². The van der Waals surface area contributed by atoms with Crippen molar-refractivity contribution in [2.75, 3.05) is 31.6 Å². The Morgan fingerprint density at radius 1 is 1.38 bits per heavy atom.